The summed E-state index contributed by atoms with van der Waals surface area (Å²) in [6.07, 6.45) is 9.08. The number of aliphatic hydroxyl groups excluding tert-OH is 1. The van der Waals surface area contributed by atoms with Crippen molar-refractivity contribution in [1.82, 2.24) is 32.1 Å². The number of amides is 6. The van der Waals surface area contributed by atoms with Crippen molar-refractivity contribution in [2.24, 2.45) is 11.8 Å². The van der Waals surface area contributed by atoms with Gasteiger partial charge in [0, 0.05) is 32.4 Å². The normalized spacial score (nSPS) is 27.3. The first-order valence-corrected chi connectivity index (χ1v) is 23.0. The summed E-state index contributed by atoms with van der Waals surface area (Å²) >= 11 is 3.09. The summed E-state index contributed by atoms with van der Waals surface area (Å²) in [5, 5.41) is 22.4. The van der Waals surface area contributed by atoms with Crippen molar-refractivity contribution in [3.8, 4) is 0 Å². The van der Waals surface area contributed by atoms with Crippen molar-refractivity contribution in [1.29, 1.82) is 0 Å². The number of ether oxygens (including phenoxy) is 4. The molecule has 63 heavy (non-hydrogen) atoms. The number of esters is 1. The third-order valence-electron chi connectivity index (χ3n) is 11.2. The second-order valence-electron chi connectivity index (χ2n) is 17.2. The Hall–Kier alpha value is -4.17. The van der Waals surface area contributed by atoms with E-state index in [1.54, 1.807) is 26.8 Å². The van der Waals surface area contributed by atoms with E-state index in [-0.39, 0.29) is 72.4 Å². The number of hydrazine groups is 1. The van der Waals surface area contributed by atoms with Crippen molar-refractivity contribution >= 4 is 57.3 Å². The highest BCUT2D eigenvalue weighted by Gasteiger charge is 2.58. The van der Waals surface area contributed by atoms with Gasteiger partial charge >= 0.3 is 5.97 Å². The molecule has 3 aliphatic rings. The summed E-state index contributed by atoms with van der Waals surface area (Å²) < 4.78 is 23.1. The van der Waals surface area contributed by atoms with Crippen molar-refractivity contribution < 1.29 is 57.6 Å². The topological polar surface area (TPSA) is 252 Å². The van der Waals surface area contributed by atoms with Crippen LogP contribution in [0.2, 0.25) is 0 Å². The zero-order valence-electron chi connectivity index (χ0n) is 37.8. The highest BCUT2D eigenvalue weighted by atomic mass is 79.9. The number of halogens is 1. The van der Waals surface area contributed by atoms with Crippen molar-refractivity contribution in [3.05, 3.63) is 36.0 Å². The van der Waals surface area contributed by atoms with Gasteiger partial charge in [0.25, 0.3) is 5.91 Å². The third-order valence-corrected chi connectivity index (χ3v) is 11.7. The van der Waals surface area contributed by atoms with Gasteiger partial charge in [-0.2, -0.15) is 0 Å². The Morgan fingerprint density at radius 2 is 1.62 bits per heavy atom. The molecule has 7 N–H and O–H groups in total. The molecule has 11 atom stereocenters. The van der Waals surface area contributed by atoms with Crippen LogP contribution in [0.25, 0.3) is 0 Å². The fourth-order valence-corrected chi connectivity index (χ4v) is 7.59. The predicted octanol–water partition coefficient (Wildman–Crippen LogP) is 2.23. The Labute approximate surface area is 379 Å². The maximum atomic E-state index is 13.1. The number of hydrogen-bond donors (Lipinski definition) is 7. The first-order valence-electron chi connectivity index (χ1n) is 21.9. The summed E-state index contributed by atoms with van der Waals surface area (Å²) in [5.74, 6) is -2.99. The summed E-state index contributed by atoms with van der Waals surface area (Å²) in [5.41, 5.74) is 4.79. The molecule has 3 rings (SSSR count). The molecule has 3 saturated heterocycles. The number of allylic oxidation sites excluding steroid dienone is 2. The number of unbranched alkanes of at least 4 members (excludes halogenated alkanes) is 2. The lowest BCUT2D eigenvalue weighted by atomic mass is 9.87. The fourth-order valence-electron chi connectivity index (χ4n) is 7.40. The Bertz CT molecular complexity index is 1690. The van der Waals surface area contributed by atoms with Crippen LogP contribution in [0.5, 0.6) is 0 Å². The lowest BCUT2D eigenvalue weighted by Gasteiger charge is -2.39. The molecule has 19 heteroatoms. The van der Waals surface area contributed by atoms with Crippen LogP contribution in [0.3, 0.4) is 0 Å². The van der Waals surface area contributed by atoms with Crippen LogP contribution in [0, 0.1) is 11.8 Å². The Morgan fingerprint density at radius 3 is 2.27 bits per heavy atom. The van der Waals surface area contributed by atoms with Crippen molar-refractivity contribution in [3.63, 3.8) is 0 Å². The average Bonchev–Trinajstić information content (AvgIpc) is 3.99. The van der Waals surface area contributed by atoms with Gasteiger partial charge in [0.2, 0.25) is 29.5 Å². The van der Waals surface area contributed by atoms with Gasteiger partial charge in [-0.15, -0.1) is 0 Å². The minimum absolute atomic E-state index is 0.0817. The van der Waals surface area contributed by atoms with E-state index < -0.39 is 65.8 Å². The lowest BCUT2D eigenvalue weighted by Crippen LogP contribution is -2.56. The largest absolute Gasteiger partial charge is 0.459 e. The molecule has 0 aromatic rings. The highest BCUT2D eigenvalue weighted by Crippen LogP contribution is 2.43. The van der Waals surface area contributed by atoms with Gasteiger partial charge in [-0.05, 0) is 71.3 Å². The number of hydrogen-bond acceptors (Lipinski definition) is 12. The number of rotatable bonds is 22. The van der Waals surface area contributed by atoms with Gasteiger partial charge in [-0.3, -0.25) is 44.4 Å². The molecule has 3 fully saturated rings. The second kappa shape index (κ2) is 26.0. The molecule has 0 radical (unpaired) electrons. The van der Waals surface area contributed by atoms with E-state index in [9.17, 15) is 38.7 Å². The van der Waals surface area contributed by atoms with E-state index >= 15 is 0 Å². The maximum Gasteiger partial charge on any atom is 0.303 e. The fraction of sp³-hybridized carbons (Fsp3) is 0.705. The van der Waals surface area contributed by atoms with Gasteiger partial charge in [-0.1, -0.05) is 66.9 Å². The molecule has 0 aromatic carbocycles. The molecule has 3 aliphatic heterocycles. The molecule has 0 saturated carbocycles. The molecule has 354 valence electrons. The smallest absolute Gasteiger partial charge is 0.303 e. The number of alkyl halides is 1. The Balaban J connectivity index is 1.43. The number of carbonyl (C=O) groups is 7. The monoisotopic (exact) mass is 952 g/mol. The van der Waals surface area contributed by atoms with E-state index in [2.05, 4.69) is 55.0 Å². The molecule has 3 heterocycles. The van der Waals surface area contributed by atoms with Crippen LogP contribution in [0.1, 0.15) is 107 Å². The van der Waals surface area contributed by atoms with E-state index in [0.29, 0.717) is 26.0 Å². The van der Waals surface area contributed by atoms with E-state index in [0.717, 1.165) is 24.8 Å². The van der Waals surface area contributed by atoms with Crippen LogP contribution in [-0.4, -0.2) is 125 Å². The van der Waals surface area contributed by atoms with Crippen LogP contribution in [0.4, 0.5) is 0 Å². The highest BCUT2D eigenvalue weighted by molar-refractivity contribution is 9.09. The molecule has 0 aromatic heterocycles. The van der Waals surface area contributed by atoms with Gasteiger partial charge in [0.15, 0.2) is 0 Å². The van der Waals surface area contributed by atoms with Gasteiger partial charge in [0.05, 0.1) is 42.7 Å². The number of aliphatic hydroxyl groups is 1. The van der Waals surface area contributed by atoms with Gasteiger partial charge < -0.3 is 45.3 Å². The lowest BCUT2D eigenvalue weighted by molar-refractivity contribution is -0.147. The summed E-state index contributed by atoms with van der Waals surface area (Å²) in [6.45, 7) is 14.8. The zero-order chi connectivity index (χ0) is 46.9. The van der Waals surface area contributed by atoms with Gasteiger partial charge in [-0.25, -0.2) is 0 Å². The molecular formula is C44H69BrN6O12. The Kier molecular flexibility index (Phi) is 21.9. The number of epoxide rings is 1. The van der Waals surface area contributed by atoms with Crippen LogP contribution >= 0.6 is 15.9 Å². The van der Waals surface area contributed by atoms with Crippen molar-refractivity contribution in [2.45, 2.75) is 167 Å². The van der Waals surface area contributed by atoms with Crippen LogP contribution in [-0.2, 0) is 52.5 Å². The molecule has 1 spiro atoms. The number of carbonyl (C=O) groups excluding carboxylic acids is 7. The third kappa shape index (κ3) is 18.5. The van der Waals surface area contributed by atoms with Crippen LogP contribution in [0.15, 0.2) is 36.0 Å². The average molecular weight is 954 g/mol. The predicted molar refractivity (Wildman–Crippen MR) is 236 cm³/mol. The molecular weight excluding hydrogens is 884 g/mol. The van der Waals surface area contributed by atoms with Crippen molar-refractivity contribution in [2.75, 3.05) is 18.5 Å². The summed E-state index contributed by atoms with van der Waals surface area (Å²) in [6, 6.07) is -2.11. The standard InChI is InChI=1S/C44H69BrN6O12/c1-25(2)40(49-36(53)12-10-9-11-19-46-39(56)23-45)43(59)47-29(6)42(58)51-50-38(55)21-32-22-44(24-60-44)41(57)35(63-32)17-14-26(3)13-16-34-27(4)20-33(30(7)62-34)48-37(54)18-15-28(5)61-31(8)52/h13-15,17-18,25,27-30,32-35,40-41,57H,9-12,16,19-24H2,1-8H3,(H,46,56)(H,47,59)(H,48,54)(H,49,53)(H,50,55)(H,51,58)/b17-14+,18-15-,26-13+/t27-,28-,29-,30+,32+,33+,34-,35+,40-,41+,44+/m0/s1. The number of nitrogens with one attached hydrogen (secondary N) is 6. The zero-order valence-corrected chi connectivity index (χ0v) is 39.4. The molecule has 0 bridgehead atoms. The minimum Gasteiger partial charge on any atom is -0.459 e. The molecule has 6 amide bonds. The molecule has 0 unspecified atom stereocenters. The minimum atomic E-state index is -1.04. The SMILES string of the molecule is CC(=O)O[C@@H](C)/C=C\C(=O)N[C@@H]1C[C@H](C)[C@H](C/C=C(C)/C=C/[C@H]2O[C@H](CC(=O)NNC(=O)[C@H](C)NC(=O)[C@@H](NC(=O)CCCCCNC(=O)CBr)C(C)C)C[C@@]3(CO3)[C@@H]2O)O[C@@H]1C. The summed E-state index contributed by atoms with van der Waals surface area (Å²) in [4.78, 5) is 86.4. The van der Waals surface area contributed by atoms with Gasteiger partial charge in [0.1, 0.15) is 36.0 Å². The van der Waals surface area contributed by atoms with Crippen LogP contribution < -0.4 is 32.1 Å². The van der Waals surface area contributed by atoms with E-state index in [1.807, 2.05) is 26.0 Å². The second-order valence-corrected chi connectivity index (χ2v) is 17.8. The quantitative estimate of drug-likeness (QED) is 0.0157. The Morgan fingerprint density at radius 1 is 0.905 bits per heavy atom. The summed E-state index contributed by atoms with van der Waals surface area (Å²) in [7, 11) is 0. The van der Waals surface area contributed by atoms with E-state index in [4.69, 9.17) is 18.9 Å². The first kappa shape index (κ1) is 53.2. The first-order chi connectivity index (χ1) is 29.7. The molecule has 18 nitrogen and oxygen atoms in total. The van der Waals surface area contributed by atoms with E-state index in [1.165, 1.54) is 26.0 Å². The maximum absolute atomic E-state index is 13.1. The molecule has 0 aliphatic carbocycles.